The summed E-state index contributed by atoms with van der Waals surface area (Å²) in [5.41, 5.74) is 0.306. The predicted molar refractivity (Wildman–Crippen MR) is 122 cm³/mol. The molecule has 0 amide bonds. The molecule has 0 heterocycles. The Kier molecular flexibility index (Phi) is 6.21. The summed E-state index contributed by atoms with van der Waals surface area (Å²) in [6.45, 7) is 7.42. The lowest BCUT2D eigenvalue weighted by molar-refractivity contribution is -0.150. The first kappa shape index (κ1) is 21.9. The summed E-state index contributed by atoms with van der Waals surface area (Å²) in [7, 11) is 3.21. The lowest BCUT2D eigenvalue weighted by Gasteiger charge is -2.27. The number of ether oxygens (including phenoxy) is 2. The second-order valence-corrected chi connectivity index (χ2v) is 8.88. The van der Waals surface area contributed by atoms with Crippen molar-refractivity contribution in [3.05, 3.63) is 60.2 Å². The van der Waals surface area contributed by atoms with Crippen molar-refractivity contribution in [2.75, 3.05) is 7.11 Å². The van der Waals surface area contributed by atoms with Gasteiger partial charge < -0.3 is 9.47 Å². The Hall–Kier alpha value is -2.82. The van der Waals surface area contributed by atoms with E-state index in [1.807, 2.05) is 45.4 Å². The van der Waals surface area contributed by atoms with Crippen LogP contribution in [0.4, 0.5) is 0 Å². The normalized spacial score (nSPS) is 12.0. The molecule has 0 aromatic heterocycles. The van der Waals surface area contributed by atoms with Crippen molar-refractivity contribution in [1.29, 1.82) is 0 Å². The van der Waals surface area contributed by atoms with Crippen molar-refractivity contribution in [2.24, 2.45) is 5.41 Å². The third-order valence-electron chi connectivity index (χ3n) is 5.62. The van der Waals surface area contributed by atoms with E-state index in [9.17, 15) is 9.59 Å². The summed E-state index contributed by atoms with van der Waals surface area (Å²) in [5, 5.41) is 3.57. The topological polar surface area (TPSA) is 52.6 Å². The summed E-state index contributed by atoms with van der Waals surface area (Å²) in [5.74, 6) is -0.620. The van der Waals surface area contributed by atoms with Crippen LogP contribution < -0.4 is 0 Å². The van der Waals surface area contributed by atoms with E-state index in [0.717, 1.165) is 27.1 Å². The van der Waals surface area contributed by atoms with Gasteiger partial charge in [-0.2, -0.15) is 0 Å². The monoisotopic (exact) mass is 403 g/mol. The highest BCUT2D eigenvalue weighted by atomic mass is 16.5. The number of esters is 2. The van der Waals surface area contributed by atoms with E-state index < -0.39 is 10.7 Å². The van der Waals surface area contributed by atoms with Crippen LogP contribution in [-0.2, 0) is 25.7 Å². The van der Waals surface area contributed by atoms with Crippen LogP contribution in [0.25, 0.3) is 21.5 Å². The van der Waals surface area contributed by atoms with Gasteiger partial charge in [0.25, 0.3) is 0 Å². The Morgan fingerprint density at radius 3 is 1.93 bits per heavy atom. The standard InChI is InChI=1S/C25H28BO4/c1-24(2,22(27)29-5)16-26-25(3,4)23(28)30-15-21-19-12-8-6-10-17(19)14-18-11-7-9-13-20(18)21/h6-14H,15-16H2,1-5H3. The minimum Gasteiger partial charge on any atom is -0.469 e. The van der Waals surface area contributed by atoms with Crippen molar-refractivity contribution >= 4 is 40.8 Å². The quantitative estimate of drug-likeness (QED) is 0.295. The first-order valence-electron chi connectivity index (χ1n) is 10.1. The maximum Gasteiger partial charge on any atom is 0.310 e. The fraction of sp³-hybridized carbons (Fsp3) is 0.360. The molecule has 4 nitrogen and oxygen atoms in total. The van der Waals surface area contributed by atoms with E-state index in [-0.39, 0.29) is 18.5 Å². The van der Waals surface area contributed by atoms with Gasteiger partial charge in [-0.25, -0.2) is 0 Å². The van der Waals surface area contributed by atoms with Crippen LogP contribution >= 0.6 is 0 Å². The zero-order valence-corrected chi connectivity index (χ0v) is 18.3. The van der Waals surface area contributed by atoms with E-state index in [0.29, 0.717) is 6.32 Å². The second kappa shape index (κ2) is 8.51. The lowest BCUT2D eigenvalue weighted by Crippen LogP contribution is -2.33. The van der Waals surface area contributed by atoms with Crippen molar-refractivity contribution in [2.45, 2.75) is 45.9 Å². The first-order valence-corrected chi connectivity index (χ1v) is 10.1. The molecule has 0 bridgehead atoms. The molecule has 3 aromatic carbocycles. The summed E-state index contributed by atoms with van der Waals surface area (Å²) in [6.07, 6.45) is 0.416. The van der Waals surface area contributed by atoms with E-state index in [4.69, 9.17) is 9.47 Å². The highest BCUT2D eigenvalue weighted by molar-refractivity contribution is 6.47. The van der Waals surface area contributed by atoms with Crippen LogP contribution in [-0.4, -0.2) is 26.3 Å². The molecule has 30 heavy (non-hydrogen) atoms. The third-order valence-corrected chi connectivity index (χ3v) is 5.62. The predicted octanol–water partition coefficient (Wildman–Crippen LogP) is 5.56. The Bertz CT molecular complexity index is 1030. The molecule has 0 saturated heterocycles. The Balaban J connectivity index is 1.79. The van der Waals surface area contributed by atoms with Crippen LogP contribution in [0.3, 0.4) is 0 Å². The molecule has 1 radical (unpaired) electrons. The minimum absolute atomic E-state index is 0.193. The van der Waals surface area contributed by atoms with E-state index in [2.05, 4.69) is 30.3 Å². The second-order valence-electron chi connectivity index (χ2n) is 8.88. The number of carbonyl (C=O) groups is 2. The van der Waals surface area contributed by atoms with Crippen LogP contribution in [0.5, 0.6) is 0 Å². The van der Waals surface area contributed by atoms with Crippen LogP contribution in [0, 0.1) is 5.41 Å². The van der Waals surface area contributed by atoms with Crippen molar-refractivity contribution in [3.63, 3.8) is 0 Å². The molecule has 0 aliphatic heterocycles. The van der Waals surface area contributed by atoms with Gasteiger partial charge in [0.05, 0.1) is 12.5 Å². The van der Waals surface area contributed by atoms with Gasteiger partial charge in [0, 0.05) is 10.9 Å². The average molecular weight is 403 g/mol. The maximum atomic E-state index is 12.9. The first-order chi connectivity index (χ1) is 14.2. The SMILES string of the molecule is COC(=O)C(C)(C)C[B]C(C)(C)C(=O)OCc1c2ccccc2cc2ccccc12. The highest BCUT2D eigenvalue weighted by Gasteiger charge is 2.36. The molecule has 3 aromatic rings. The molecule has 0 N–H and O–H groups in total. The summed E-state index contributed by atoms with van der Waals surface area (Å²) in [4.78, 5) is 24.8. The number of hydrogen-bond acceptors (Lipinski definition) is 4. The molecule has 155 valence electrons. The fourth-order valence-corrected chi connectivity index (χ4v) is 3.54. The van der Waals surface area contributed by atoms with Crippen molar-refractivity contribution in [3.8, 4) is 0 Å². The molecule has 0 spiro atoms. The number of carbonyl (C=O) groups excluding carboxylic acids is 2. The maximum absolute atomic E-state index is 12.9. The molecule has 0 unspecified atom stereocenters. The molecule has 0 atom stereocenters. The minimum atomic E-state index is -0.828. The Labute approximate surface area is 178 Å². The Morgan fingerprint density at radius 2 is 1.40 bits per heavy atom. The number of fused-ring (bicyclic) bond motifs is 2. The highest BCUT2D eigenvalue weighted by Crippen LogP contribution is 2.34. The zero-order chi connectivity index (χ0) is 21.9. The lowest BCUT2D eigenvalue weighted by atomic mass is 9.48. The molecule has 0 saturated carbocycles. The molecular formula is C25H28BO4. The summed E-state index contributed by atoms with van der Waals surface area (Å²) < 4.78 is 10.6. The average Bonchev–Trinajstić information content (AvgIpc) is 2.74. The fourth-order valence-electron chi connectivity index (χ4n) is 3.54. The molecule has 5 heteroatoms. The van der Waals surface area contributed by atoms with Crippen molar-refractivity contribution < 1.29 is 19.1 Å². The van der Waals surface area contributed by atoms with Gasteiger partial charge in [0.15, 0.2) is 0 Å². The van der Waals surface area contributed by atoms with Crippen LogP contribution in [0.15, 0.2) is 54.6 Å². The van der Waals surface area contributed by atoms with E-state index >= 15 is 0 Å². The van der Waals surface area contributed by atoms with Crippen LogP contribution in [0.1, 0.15) is 33.3 Å². The van der Waals surface area contributed by atoms with Crippen LogP contribution in [0.2, 0.25) is 11.6 Å². The largest absolute Gasteiger partial charge is 0.469 e. The van der Waals surface area contributed by atoms with Gasteiger partial charge in [0.1, 0.15) is 13.9 Å². The smallest absolute Gasteiger partial charge is 0.310 e. The number of hydrogen-bond donors (Lipinski definition) is 0. The summed E-state index contributed by atoms with van der Waals surface area (Å²) in [6, 6.07) is 18.4. The van der Waals surface area contributed by atoms with Gasteiger partial charge in [-0.3, -0.25) is 9.59 Å². The van der Waals surface area contributed by atoms with Gasteiger partial charge in [-0.15, -0.1) is 0 Å². The number of methoxy groups -OCH3 is 1. The molecule has 0 aliphatic carbocycles. The third kappa shape index (κ3) is 4.50. The van der Waals surface area contributed by atoms with Gasteiger partial charge in [0.2, 0.25) is 0 Å². The molecule has 0 aliphatic rings. The summed E-state index contributed by atoms with van der Waals surface area (Å²) >= 11 is 0. The number of benzene rings is 3. The number of rotatable bonds is 7. The molecule has 3 rings (SSSR count). The van der Waals surface area contributed by atoms with E-state index in [1.54, 1.807) is 13.8 Å². The molecule has 0 fully saturated rings. The van der Waals surface area contributed by atoms with Gasteiger partial charge in [-0.05, 0) is 27.6 Å². The zero-order valence-electron chi connectivity index (χ0n) is 18.3. The van der Waals surface area contributed by atoms with Gasteiger partial charge >= 0.3 is 11.9 Å². The van der Waals surface area contributed by atoms with Crippen molar-refractivity contribution in [1.82, 2.24) is 0 Å². The Morgan fingerprint density at radius 1 is 0.867 bits per heavy atom. The van der Waals surface area contributed by atoms with E-state index in [1.165, 1.54) is 7.11 Å². The van der Waals surface area contributed by atoms with Gasteiger partial charge in [-0.1, -0.05) is 82.5 Å². The molecular weight excluding hydrogens is 375 g/mol.